The smallest absolute Gasteiger partial charge is 0.214 e. The quantitative estimate of drug-likeness (QED) is 0.322. The molecule has 1 heterocycles. The van der Waals surface area contributed by atoms with Crippen LogP contribution < -0.4 is 4.74 Å². The number of thioether (sulfide) groups is 1. The zero-order valence-corrected chi connectivity index (χ0v) is 16.1. The molecule has 2 aromatic carbocycles. The molecular formula is C17H17FN4O3S2. The van der Waals surface area contributed by atoms with Crippen LogP contribution in [0.15, 0.2) is 58.6 Å². The predicted molar refractivity (Wildman–Crippen MR) is 99.5 cm³/mol. The molecule has 10 heteroatoms. The molecule has 0 saturated heterocycles. The minimum atomic E-state index is -3.45. The highest BCUT2D eigenvalue weighted by Crippen LogP contribution is 2.26. The number of hydrogen-bond acceptors (Lipinski definition) is 7. The lowest BCUT2D eigenvalue weighted by atomic mass is 10.3. The summed E-state index contributed by atoms with van der Waals surface area (Å²) >= 11 is 1.35. The Kier molecular flexibility index (Phi) is 6.07. The Morgan fingerprint density at radius 3 is 2.63 bits per heavy atom. The molecule has 0 fully saturated rings. The van der Waals surface area contributed by atoms with Gasteiger partial charge in [0.05, 0.1) is 17.8 Å². The molecule has 0 aliphatic heterocycles. The summed E-state index contributed by atoms with van der Waals surface area (Å²) in [5.74, 6) is 0.635. The van der Waals surface area contributed by atoms with Gasteiger partial charge in [-0.1, -0.05) is 23.9 Å². The van der Waals surface area contributed by atoms with E-state index < -0.39 is 15.7 Å². The monoisotopic (exact) mass is 408 g/mol. The first-order chi connectivity index (χ1) is 13.0. The fraction of sp³-hybridized carbons (Fsp3) is 0.235. The first-order valence-electron chi connectivity index (χ1n) is 8.04. The number of halogens is 1. The molecule has 3 aromatic rings. The van der Waals surface area contributed by atoms with Gasteiger partial charge in [0, 0.05) is 5.75 Å². The van der Waals surface area contributed by atoms with Crippen molar-refractivity contribution in [2.45, 2.75) is 16.5 Å². The summed E-state index contributed by atoms with van der Waals surface area (Å²) < 4.78 is 44.4. The van der Waals surface area contributed by atoms with Gasteiger partial charge in [-0.05, 0) is 53.2 Å². The standard InChI is InChI=1S/C17H17FN4O3S2/c1-25-16-6-3-2-5-15(16)22-17(19-20-21-22)26-11-4-12-27(23,24)14-9-7-13(18)8-10-14/h2-3,5-10H,4,11-12H2,1H3. The summed E-state index contributed by atoms with van der Waals surface area (Å²) in [4.78, 5) is 0.118. The second kappa shape index (κ2) is 8.49. The first kappa shape index (κ1) is 19.3. The van der Waals surface area contributed by atoms with Crippen LogP contribution in [-0.4, -0.2) is 47.2 Å². The predicted octanol–water partition coefficient (Wildman–Crippen LogP) is 2.77. The molecule has 0 aliphatic carbocycles. The Morgan fingerprint density at radius 2 is 1.89 bits per heavy atom. The molecule has 0 atom stereocenters. The Bertz CT molecular complexity index is 1010. The van der Waals surface area contributed by atoms with E-state index in [1.165, 1.54) is 23.9 Å². The first-order valence-corrected chi connectivity index (χ1v) is 10.7. The second-order valence-corrected chi connectivity index (χ2v) is 8.69. The van der Waals surface area contributed by atoms with Crippen LogP contribution in [0.3, 0.4) is 0 Å². The van der Waals surface area contributed by atoms with Crippen molar-refractivity contribution in [1.82, 2.24) is 20.2 Å². The number of tetrazole rings is 1. The summed E-state index contributed by atoms with van der Waals surface area (Å²) in [6, 6.07) is 12.2. The fourth-order valence-corrected chi connectivity index (χ4v) is 4.71. The van der Waals surface area contributed by atoms with E-state index in [-0.39, 0.29) is 10.6 Å². The summed E-state index contributed by atoms with van der Waals surface area (Å²) in [6.45, 7) is 0. The van der Waals surface area contributed by atoms with Crippen molar-refractivity contribution in [3.05, 3.63) is 54.3 Å². The van der Waals surface area contributed by atoms with E-state index in [0.717, 1.165) is 12.1 Å². The van der Waals surface area contributed by atoms with Crippen LogP contribution in [0.4, 0.5) is 4.39 Å². The minimum Gasteiger partial charge on any atom is -0.494 e. The number of ether oxygens (including phenoxy) is 1. The van der Waals surface area contributed by atoms with Crippen LogP contribution in [0.2, 0.25) is 0 Å². The van der Waals surface area contributed by atoms with Crippen molar-refractivity contribution >= 4 is 21.6 Å². The van der Waals surface area contributed by atoms with Gasteiger partial charge >= 0.3 is 0 Å². The van der Waals surface area contributed by atoms with E-state index in [9.17, 15) is 12.8 Å². The Labute approximate surface area is 160 Å². The molecule has 0 spiro atoms. The summed E-state index contributed by atoms with van der Waals surface area (Å²) in [5, 5.41) is 12.2. The maximum Gasteiger partial charge on any atom is 0.214 e. The molecular weight excluding hydrogens is 391 g/mol. The number of methoxy groups -OCH3 is 1. The van der Waals surface area contributed by atoms with E-state index in [1.807, 2.05) is 18.2 Å². The topological polar surface area (TPSA) is 87.0 Å². The molecule has 7 nitrogen and oxygen atoms in total. The summed E-state index contributed by atoms with van der Waals surface area (Å²) in [6.07, 6.45) is 0.406. The average Bonchev–Trinajstić information content (AvgIpc) is 3.14. The molecule has 0 unspecified atom stereocenters. The van der Waals surface area contributed by atoms with Crippen molar-refractivity contribution in [2.24, 2.45) is 0 Å². The lowest BCUT2D eigenvalue weighted by Crippen LogP contribution is -2.08. The zero-order valence-electron chi connectivity index (χ0n) is 14.4. The maximum absolute atomic E-state index is 12.9. The summed E-state index contributed by atoms with van der Waals surface area (Å²) in [5.41, 5.74) is 0.700. The third-order valence-electron chi connectivity index (χ3n) is 3.72. The van der Waals surface area contributed by atoms with Crippen molar-refractivity contribution in [3.63, 3.8) is 0 Å². The van der Waals surface area contributed by atoms with Gasteiger partial charge in [0.15, 0.2) is 9.84 Å². The number of benzene rings is 2. The van der Waals surface area contributed by atoms with Crippen molar-refractivity contribution in [1.29, 1.82) is 0 Å². The van der Waals surface area contributed by atoms with E-state index in [1.54, 1.807) is 17.9 Å². The van der Waals surface area contributed by atoms with E-state index >= 15 is 0 Å². The number of aromatic nitrogens is 4. The normalized spacial score (nSPS) is 11.5. The van der Waals surface area contributed by atoms with Crippen LogP contribution in [-0.2, 0) is 9.84 Å². The van der Waals surface area contributed by atoms with Crippen LogP contribution >= 0.6 is 11.8 Å². The number of rotatable bonds is 8. The average molecular weight is 408 g/mol. The van der Waals surface area contributed by atoms with Gasteiger partial charge < -0.3 is 4.74 Å². The van der Waals surface area contributed by atoms with E-state index in [4.69, 9.17) is 4.74 Å². The number of para-hydroxylation sites is 2. The third-order valence-corrected chi connectivity index (χ3v) is 6.54. The van der Waals surface area contributed by atoms with Gasteiger partial charge in [-0.2, -0.15) is 4.68 Å². The summed E-state index contributed by atoms with van der Waals surface area (Å²) in [7, 11) is -1.88. The SMILES string of the molecule is COc1ccccc1-n1nnnc1SCCCS(=O)(=O)c1ccc(F)cc1. The number of sulfone groups is 1. The molecule has 1 aromatic heterocycles. The van der Waals surface area contributed by atoms with Crippen LogP contribution in [0.25, 0.3) is 5.69 Å². The van der Waals surface area contributed by atoms with Gasteiger partial charge in [0.25, 0.3) is 0 Å². The lowest BCUT2D eigenvalue weighted by Gasteiger charge is -2.09. The number of nitrogens with zero attached hydrogens (tertiary/aromatic N) is 4. The van der Waals surface area contributed by atoms with E-state index in [2.05, 4.69) is 15.5 Å². The largest absolute Gasteiger partial charge is 0.494 e. The molecule has 0 radical (unpaired) electrons. The van der Waals surface area contributed by atoms with Gasteiger partial charge in [-0.3, -0.25) is 0 Å². The molecule has 0 bridgehead atoms. The van der Waals surface area contributed by atoms with Crippen LogP contribution in [0, 0.1) is 5.82 Å². The van der Waals surface area contributed by atoms with Crippen LogP contribution in [0.1, 0.15) is 6.42 Å². The fourth-order valence-electron chi connectivity index (χ4n) is 2.40. The second-order valence-electron chi connectivity index (χ2n) is 5.52. The maximum atomic E-state index is 12.9. The Morgan fingerprint density at radius 1 is 1.15 bits per heavy atom. The van der Waals surface area contributed by atoms with Gasteiger partial charge in [0.1, 0.15) is 17.3 Å². The Hall–Kier alpha value is -2.46. The molecule has 0 aliphatic rings. The molecule has 142 valence electrons. The van der Waals surface area contributed by atoms with Crippen LogP contribution in [0.5, 0.6) is 5.75 Å². The highest BCUT2D eigenvalue weighted by molar-refractivity contribution is 7.99. The van der Waals surface area contributed by atoms with Gasteiger partial charge in [-0.15, -0.1) is 5.10 Å². The molecule has 0 amide bonds. The third kappa shape index (κ3) is 4.64. The van der Waals surface area contributed by atoms with E-state index in [0.29, 0.717) is 28.8 Å². The number of hydrogen-bond donors (Lipinski definition) is 0. The molecule has 27 heavy (non-hydrogen) atoms. The zero-order chi connectivity index (χ0) is 19.3. The molecule has 0 saturated carbocycles. The van der Waals surface area contributed by atoms with Crippen molar-refractivity contribution in [3.8, 4) is 11.4 Å². The molecule has 0 N–H and O–H groups in total. The van der Waals surface area contributed by atoms with Gasteiger partial charge in [0.2, 0.25) is 5.16 Å². The van der Waals surface area contributed by atoms with Crippen molar-refractivity contribution < 1.29 is 17.5 Å². The lowest BCUT2D eigenvalue weighted by molar-refractivity contribution is 0.410. The highest BCUT2D eigenvalue weighted by atomic mass is 32.2. The Balaban J connectivity index is 1.62. The van der Waals surface area contributed by atoms with Crippen molar-refractivity contribution in [2.75, 3.05) is 18.6 Å². The highest BCUT2D eigenvalue weighted by Gasteiger charge is 2.16. The minimum absolute atomic E-state index is 0.0398. The van der Waals surface area contributed by atoms with Gasteiger partial charge in [-0.25, -0.2) is 12.8 Å². The molecule has 3 rings (SSSR count).